The third-order valence-electron chi connectivity index (χ3n) is 4.65. The Hall–Kier alpha value is -3.40. The number of rotatable bonds is 1. The molecule has 0 unspecified atom stereocenters. The number of hydrogen-bond acceptors (Lipinski definition) is 4. The minimum absolute atomic E-state index is 0.351. The summed E-state index contributed by atoms with van der Waals surface area (Å²) in [5, 5.41) is 5.99. The highest BCUT2D eigenvalue weighted by atomic mass is 14.8. The van der Waals surface area contributed by atoms with Gasteiger partial charge in [0, 0.05) is 22.0 Å². The van der Waals surface area contributed by atoms with Crippen LogP contribution in [0, 0.1) is 0 Å². The van der Waals surface area contributed by atoms with Gasteiger partial charge in [-0.1, -0.05) is 36.9 Å². The lowest BCUT2D eigenvalue weighted by Crippen LogP contribution is -2.05. The van der Waals surface area contributed by atoms with E-state index in [0.29, 0.717) is 22.7 Å². The van der Waals surface area contributed by atoms with Gasteiger partial charge in [0.2, 0.25) is 0 Å². The Balaban J connectivity index is 2.37. The average Bonchev–Trinajstić information content (AvgIpc) is 2.58. The second kappa shape index (κ2) is 4.80. The molecule has 4 aromatic rings. The normalized spacial score (nSPS) is 11.3. The van der Waals surface area contributed by atoms with Crippen LogP contribution >= 0.6 is 0 Å². The van der Waals surface area contributed by atoms with Crippen molar-refractivity contribution in [3.8, 4) is 0 Å². The van der Waals surface area contributed by atoms with Gasteiger partial charge in [-0.25, -0.2) is 0 Å². The van der Waals surface area contributed by atoms with E-state index in [1.807, 2.05) is 18.2 Å². The summed E-state index contributed by atoms with van der Waals surface area (Å²) >= 11 is 0. The topological polar surface area (TPSA) is 104 Å². The highest BCUT2D eigenvalue weighted by molar-refractivity contribution is 6.25. The SMILES string of the molecule is C=Cc1c(N)c(N)c(N)c2c(N)cc3cc4ccccc4cc3c12. The lowest BCUT2D eigenvalue weighted by Gasteiger charge is -2.17. The Morgan fingerprint density at radius 3 is 2.04 bits per heavy atom. The molecule has 0 heterocycles. The van der Waals surface area contributed by atoms with Gasteiger partial charge in [0.25, 0.3) is 0 Å². The summed E-state index contributed by atoms with van der Waals surface area (Å²) in [4.78, 5) is 0. The van der Waals surface area contributed by atoms with Gasteiger partial charge in [-0.2, -0.15) is 0 Å². The summed E-state index contributed by atoms with van der Waals surface area (Å²) in [6, 6.07) is 14.4. The molecular formula is C20H18N4. The van der Waals surface area contributed by atoms with Gasteiger partial charge in [0.05, 0.1) is 17.1 Å². The van der Waals surface area contributed by atoms with Crippen molar-refractivity contribution in [3.63, 3.8) is 0 Å². The highest BCUT2D eigenvalue weighted by Crippen LogP contribution is 2.44. The van der Waals surface area contributed by atoms with E-state index in [4.69, 9.17) is 22.9 Å². The van der Waals surface area contributed by atoms with Crippen molar-refractivity contribution < 1.29 is 0 Å². The molecule has 0 atom stereocenters. The van der Waals surface area contributed by atoms with Crippen molar-refractivity contribution >= 4 is 61.1 Å². The summed E-state index contributed by atoms with van der Waals surface area (Å²) in [6.07, 6.45) is 1.71. The molecule has 0 spiro atoms. The third kappa shape index (κ3) is 1.74. The summed E-state index contributed by atoms with van der Waals surface area (Å²) in [5.74, 6) is 0. The third-order valence-corrected chi connectivity index (χ3v) is 4.65. The monoisotopic (exact) mass is 314 g/mol. The molecule has 0 saturated heterocycles. The molecule has 0 fully saturated rings. The van der Waals surface area contributed by atoms with Crippen LogP contribution in [-0.2, 0) is 0 Å². The standard InChI is InChI=1S/C20H18N4/c1-2-13-16-14-8-11-6-4-3-5-10(11)7-12(14)9-15(21)17(16)19(23)20(24)18(13)22/h2-9H,1,21-24H2. The molecule has 24 heavy (non-hydrogen) atoms. The van der Waals surface area contributed by atoms with E-state index in [1.165, 1.54) is 0 Å². The largest absolute Gasteiger partial charge is 0.398 e. The maximum Gasteiger partial charge on any atom is 0.0795 e. The van der Waals surface area contributed by atoms with E-state index in [9.17, 15) is 0 Å². The number of anilines is 4. The van der Waals surface area contributed by atoms with Crippen molar-refractivity contribution in [1.82, 2.24) is 0 Å². The molecule has 0 aliphatic rings. The van der Waals surface area contributed by atoms with E-state index in [-0.39, 0.29) is 0 Å². The van der Waals surface area contributed by atoms with Gasteiger partial charge in [-0.15, -0.1) is 0 Å². The molecular weight excluding hydrogens is 296 g/mol. The molecule has 4 heteroatoms. The Morgan fingerprint density at radius 2 is 1.38 bits per heavy atom. The highest BCUT2D eigenvalue weighted by Gasteiger charge is 2.17. The molecule has 0 bridgehead atoms. The molecule has 0 aromatic heterocycles. The number of nitrogen functional groups attached to an aromatic ring is 4. The lowest BCUT2D eigenvalue weighted by molar-refractivity contribution is 1.67. The van der Waals surface area contributed by atoms with Gasteiger partial charge in [0.15, 0.2) is 0 Å². The van der Waals surface area contributed by atoms with Crippen LogP contribution in [0.5, 0.6) is 0 Å². The number of nitrogens with two attached hydrogens (primary N) is 4. The fraction of sp³-hybridized carbons (Fsp3) is 0. The summed E-state index contributed by atoms with van der Waals surface area (Å²) in [5.41, 5.74) is 27.4. The van der Waals surface area contributed by atoms with E-state index in [1.54, 1.807) is 6.08 Å². The Labute approximate surface area is 139 Å². The summed E-state index contributed by atoms with van der Waals surface area (Å²) in [7, 11) is 0. The van der Waals surface area contributed by atoms with Crippen LogP contribution in [0.1, 0.15) is 5.56 Å². The zero-order chi connectivity index (χ0) is 17.0. The molecule has 4 nitrogen and oxygen atoms in total. The smallest absolute Gasteiger partial charge is 0.0795 e. The molecule has 4 rings (SSSR count). The zero-order valence-electron chi connectivity index (χ0n) is 13.1. The van der Waals surface area contributed by atoms with Gasteiger partial charge in [0.1, 0.15) is 0 Å². The van der Waals surface area contributed by atoms with Crippen LogP contribution in [0.25, 0.3) is 38.4 Å². The second-order valence-corrected chi connectivity index (χ2v) is 6.00. The van der Waals surface area contributed by atoms with Crippen molar-refractivity contribution in [2.45, 2.75) is 0 Å². The van der Waals surface area contributed by atoms with Crippen LogP contribution in [0.15, 0.2) is 49.0 Å². The van der Waals surface area contributed by atoms with Gasteiger partial charge in [-0.05, 0) is 39.7 Å². The number of fused-ring (bicyclic) bond motifs is 4. The first-order valence-corrected chi connectivity index (χ1v) is 7.66. The molecule has 0 aliphatic heterocycles. The Kier molecular flexibility index (Phi) is 2.84. The first-order valence-electron chi connectivity index (χ1n) is 7.66. The van der Waals surface area contributed by atoms with Gasteiger partial charge < -0.3 is 22.9 Å². The molecule has 0 amide bonds. The van der Waals surface area contributed by atoms with Crippen LogP contribution in [0.3, 0.4) is 0 Å². The molecule has 118 valence electrons. The van der Waals surface area contributed by atoms with Crippen LogP contribution in [0.2, 0.25) is 0 Å². The first kappa shape index (κ1) is 14.2. The van der Waals surface area contributed by atoms with Gasteiger partial charge in [-0.3, -0.25) is 0 Å². The average molecular weight is 314 g/mol. The molecule has 4 aromatic carbocycles. The maximum absolute atomic E-state index is 6.30. The van der Waals surface area contributed by atoms with E-state index >= 15 is 0 Å². The van der Waals surface area contributed by atoms with Crippen LogP contribution in [0.4, 0.5) is 22.7 Å². The van der Waals surface area contributed by atoms with Crippen molar-refractivity contribution in [2.24, 2.45) is 0 Å². The maximum atomic E-state index is 6.30. The minimum Gasteiger partial charge on any atom is -0.398 e. The predicted octanol–water partition coefficient (Wildman–Crippen LogP) is 4.12. The van der Waals surface area contributed by atoms with E-state index < -0.39 is 0 Å². The van der Waals surface area contributed by atoms with Crippen LogP contribution < -0.4 is 22.9 Å². The fourth-order valence-corrected chi connectivity index (χ4v) is 3.45. The number of benzene rings is 4. The predicted molar refractivity (Wildman–Crippen MR) is 107 cm³/mol. The Bertz CT molecular complexity index is 1160. The minimum atomic E-state index is 0.351. The lowest BCUT2D eigenvalue weighted by atomic mass is 9.91. The second-order valence-electron chi connectivity index (χ2n) is 6.00. The number of hydrogen-bond donors (Lipinski definition) is 4. The fourth-order valence-electron chi connectivity index (χ4n) is 3.45. The van der Waals surface area contributed by atoms with Gasteiger partial charge >= 0.3 is 0 Å². The van der Waals surface area contributed by atoms with Crippen molar-refractivity contribution in [1.29, 1.82) is 0 Å². The quantitative estimate of drug-likeness (QED) is 0.241. The summed E-state index contributed by atoms with van der Waals surface area (Å²) in [6.45, 7) is 3.89. The van der Waals surface area contributed by atoms with Crippen LogP contribution in [-0.4, -0.2) is 0 Å². The van der Waals surface area contributed by atoms with E-state index in [0.717, 1.165) is 37.9 Å². The van der Waals surface area contributed by atoms with Crippen molar-refractivity contribution in [3.05, 3.63) is 54.6 Å². The zero-order valence-corrected chi connectivity index (χ0v) is 13.1. The van der Waals surface area contributed by atoms with E-state index in [2.05, 4.69) is 30.8 Å². The van der Waals surface area contributed by atoms with Crippen molar-refractivity contribution in [2.75, 3.05) is 22.9 Å². The molecule has 0 saturated carbocycles. The summed E-state index contributed by atoms with van der Waals surface area (Å²) < 4.78 is 0. The molecule has 0 radical (unpaired) electrons. The molecule has 0 aliphatic carbocycles. The Morgan fingerprint density at radius 1 is 0.708 bits per heavy atom. The first-order chi connectivity index (χ1) is 11.5. The molecule has 8 N–H and O–H groups in total.